The van der Waals surface area contributed by atoms with Gasteiger partial charge in [-0.05, 0) is 13.3 Å². The third kappa shape index (κ3) is 1.94. The van der Waals surface area contributed by atoms with Gasteiger partial charge in [0.1, 0.15) is 0 Å². The van der Waals surface area contributed by atoms with Crippen LogP contribution in [-0.4, -0.2) is 15.2 Å². The summed E-state index contributed by atoms with van der Waals surface area (Å²) >= 11 is 0. The molecule has 0 radical (unpaired) electrons. The van der Waals surface area contributed by atoms with Crippen LogP contribution < -0.4 is 5.73 Å². The number of nitrogens with zero attached hydrogens (tertiary/aromatic N) is 3. The van der Waals surface area contributed by atoms with Crippen molar-refractivity contribution in [3.8, 4) is 0 Å². The first-order valence-corrected chi connectivity index (χ1v) is 3.68. The summed E-state index contributed by atoms with van der Waals surface area (Å²) in [4.78, 5) is 4.19. The van der Waals surface area contributed by atoms with Crippen LogP contribution in [0.15, 0.2) is 6.20 Å². The molecule has 60 valence electrons. The monoisotopic (exact) mass is 152 g/mol. The van der Waals surface area contributed by atoms with Gasteiger partial charge >= 0.3 is 0 Å². The summed E-state index contributed by atoms with van der Waals surface area (Å²) in [6.45, 7) is 3.87. The van der Waals surface area contributed by atoms with Crippen LogP contribution in [-0.2, 0) is 6.42 Å². The highest BCUT2D eigenvalue weighted by atomic mass is 15.2. The Balaban J connectivity index is 2.91. The minimum absolute atomic E-state index is 0.131. The maximum Gasteiger partial charge on any atom is 0.167 e. The molecule has 0 spiro atoms. The second kappa shape index (κ2) is 3.39. The van der Waals surface area contributed by atoms with E-state index in [4.69, 9.17) is 5.73 Å². The molecule has 0 bridgehead atoms. The molecule has 11 heavy (non-hydrogen) atoms. The van der Waals surface area contributed by atoms with Crippen LogP contribution in [0.25, 0.3) is 0 Å². The zero-order valence-electron chi connectivity index (χ0n) is 6.78. The fourth-order valence-electron chi connectivity index (χ4n) is 0.716. The third-order valence-electron chi connectivity index (χ3n) is 1.39. The first-order valence-electron chi connectivity index (χ1n) is 3.68. The van der Waals surface area contributed by atoms with Crippen molar-refractivity contribution in [1.29, 1.82) is 0 Å². The highest BCUT2D eigenvalue weighted by molar-refractivity contribution is 4.98. The second-order valence-corrected chi connectivity index (χ2v) is 2.45. The lowest BCUT2D eigenvalue weighted by molar-refractivity contribution is 0.693. The van der Waals surface area contributed by atoms with Gasteiger partial charge in [-0.2, -0.15) is 5.10 Å². The highest BCUT2D eigenvalue weighted by Gasteiger charge is 2.03. The molecular weight excluding hydrogens is 140 g/mol. The Bertz CT molecular complexity index is 234. The van der Waals surface area contributed by atoms with E-state index in [1.165, 1.54) is 0 Å². The van der Waals surface area contributed by atoms with Crippen LogP contribution in [0.3, 0.4) is 0 Å². The van der Waals surface area contributed by atoms with E-state index in [0.29, 0.717) is 5.82 Å². The largest absolute Gasteiger partial charge is 0.321 e. The normalized spacial score (nSPS) is 13.0. The molecule has 0 amide bonds. The number of aryl methyl sites for hydroxylation is 1. The zero-order chi connectivity index (χ0) is 8.27. The van der Waals surface area contributed by atoms with Crippen molar-refractivity contribution in [3.05, 3.63) is 17.7 Å². The van der Waals surface area contributed by atoms with Crippen molar-refractivity contribution < 1.29 is 0 Å². The molecule has 2 N–H and O–H groups in total. The molecule has 4 nitrogen and oxygen atoms in total. The number of aromatic nitrogens is 3. The number of nitrogens with two attached hydrogens (primary N) is 1. The third-order valence-corrected chi connectivity index (χ3v) is 1.39. The average molecular weight is 152 g/mol. The topological polar surface area (TPSA) is 64.7 Å². The molecule has 0 saturated heterocycles. The van der Waals surface area contributed by atoms with Crippen molar-refractivity contribution in [1.82, 2.24) is 15.2 Å². The SMILES string of the molecule is CCc1cnnc(C(C)N)n1. The smallest absolute Gasteiger partial charge is 0.167 e. The van der Waals surface area contributed by atoms with Crippen molar-refractivity contribution in [2.45, 2.75) is 26.3 Å². The quantitative estimate of drug-likeness (QED) is 0.668. The van der Waals surface area contributed by atoms with Crippen LogP contribution in [0, 0.1) is 0 Å². The molecule has 1 heterocycles. The Kier molecular flexibility index (Phi) is 2.48. The van der Waals surface area contributed by atoms with E-state index in [1.807, 2.05) is 13.8 Å². The first kappa shape index (κ1) is 8.07. The molecular formula is C7H12N4. The van der Waals surface area contributed by atoms with Gasteiger partial charge in [-0.1, -0.05) is 6.92 Å². The van der Waals surface area contributed by atoms with Crippen LogP contribution in [0.2, 0.25) is 0 Å². The van der Waals surface area contributed by atoms with Gasteiger partial charge < -0.3 is 5.73 Å². The van der Waals surface area contributed by atoms with Gasteiger partial charge in [-0.25, -0.2) is 4.98 Å². The van der Waals surface area contributed by atoms with Crippen molar-refractivity contribution >= 4 is 0 Å². The average Bonchev–Trinajstić information content (AvgIpc) is 2.05. The van der Waals surface area contributed by atoms with Crippen molar-refractivity contribution in [2.24, 2.45) is 5.73 Å². The molecule has 0 aromatic carbocycles. The Morgan fingerprint density at radius 1 is 1.64 bits per heavy atom. The molecule has 0 aliphatic carbocycles. The second-order valence-electron chi connectivity index (χ2n) is 2.45. The predicted molar refractivity (Wildman–Crippen MR) is 41.8 cm³/mol. The molecule has 1 unspecified atom stereocenters. The predicted octanol–water partition coefficient (Wildman–Crippen LogP) is 0.454. The molecule has 1 aromatic heterocycles. The summed E-state index contributed by atoms with van der Waals surface area (Å²) in [6.07, 6.45) is 2.53. The molecule has 0 aliphatic heterocycles. The Hall–Kier alpha value is -1.03. The summed E-state index contributed by atoms with van der Waals surface area (Å²) in [5.74, 6) is 0.615. The standard InChI is InChI=1S/C7H12N4/c1-3-6-4-9-11-7(10-6)5(2)8/h4-5H,3,8H2,1-2H3. The van der Waals surface area contributed by atoms with Gasteiger partial charge in [-0.3, -0.25) is 0 Å². The summed E-state index contributed by atoms with van der Waals surface area (Å²) < 4.78 is 0. The summed E-state index contributed by atoms with van der Waals surface area (Å²) in [7, 11) is 0. The van der Waals surface area contributed by atoms with E-state index in [0.717, 1.165) is 12.1 Å². The molecule has 0 fully saturated rings. The molecule has 1 rings (SSSR count). The maximum atomic E-state index is 5.57. The van der Waals surface area contributed by atoms with E-state index in [1.54, 1.807) is 6.20 Å². The minimum Gasteiger partial charge on any atom is -0.321 e. The lowest BCUT2D eigenvalue weighted by Crippen LogP contribution is -2.11. The Morgan fingerprint density at radius 2 is 2.36 bits per heavy atom. The maximum absolute atomic E-state index is 5.57. The number of rotatable bonds is 2. The van der Waals surface area contributed by atoms with Crippen LogP contribution in [0.5, 0.6) is 0 Å². The summed E-state index contributed by atoms with van der Waals surface area (Å²) in [5, 5.41) is 7.58. The number of hydrogen-bond acceptors (Lipinski definition) is 4. The van der Waals surface area contributed by atoms with E-state index >= 15 is 0 Å². The van der Waals surface area contributed by atoms with E-state index < -0.39 is 0 Å². The van der Waals surface area contributed by atoms with Crippen molar-refractivity contribution in [3.63, 3.8) is 0 Å². The van der Waals surface area contributed by atoms with E-state index in [2.05, 4.69) is 15.2 Å². The van der Waals surface area contributed by atoms with E-state index in [-0.39, 0.29) is 6.04 Å². The Labute approximate surface area is 65.9 Å². The first-order chi connectivity index (χ1) is 5.24. The lowest BCUT2D eigenvalue weighted by Gasteiger charge is -2.02. The summed E-state index contributed by atoms with van der Waals surface area (Å²) in [6, 6.07) is -0.131. The van der Waals surface area contributed by atoms with Gasteiger partial charge in [0.25, 0.3) is 0 Å². The van der Waals surface area contributed by atoms with Gasteiger partial charge in [0.05, 0.1) is 17.9 Å². The van der Waals surface area contributed by atoms with Gasteiger partial charge in [-0.15, -0.1) is 5.10 Å². The molecule has 0 saturated carbocycles. The molecule has 0 aliphatic rings. The van der Waals surface area contributed by atoms with Crippen LogP contribution in [0.4, 0.5) is 0 Å². The molecule has 1 aromatic rings. The van der Waals surface area contributed by atoms with E-state index in [9.17, 15) is 0 Å². The highest BCUT2D eigenvalue weighted by Crippen LogP contribution is 2.01. The molecule has 4 heteroatoms. The van der Waals surface area contributed by atoms with Gasteiger partial charge in [0, 0.05) is 0 Å². The fourth-order valence-corrected chi connectivity index (χ4v) is 0.716. The zero-order valence-corrected chi connectivity index (χ0v) is 6.78. The van der Waals surface area contributed by atoms with Crippen molar-refractivity contribution in [2.75, 3.05) is 0 Å². The number of hydrogen-bond donors (Lipinski definition) is 1. The van der Waals surface area contributed by atoms with Gasteiger partial charge in [0.15, 0.2) is 5.82 Å². The van der Waals surface area contributed by atoms with Crippen LogP contribution >= 0.6 is 0 Å². The van der Waals surface area contributed by atoms with Crippen LogP contribution in [0.1, 0.15) is 31.4 Å². The summed E-state index contributed by atoms with van der Waals surface area (Å²) in [5.41, 5.74) is 6.51. The van der Waals surface area contributed by atoms with Gasteiger partial charge in [0.2, 0.25) is 0 Å². The fraction of sp³-hybridized carbons (Fsp3) is 0.571. The Morgan fingerprint density at radius 3 is 2.91 bits per heavy atom. The molecule has 1 atom stereocenters. The minimum atomic E-state index is -0.131. The lowest BCUT2D eigenvalue weighted by atomic mass is 10.3.